The molecule has 0 bridgehead atoms. The highest BCUT2D eigenvalue weighted by Crippen LogP contribution is 2.11. The van der Waals surface area contributed by atoms with Crippen molar-refractivity contribution in [2.24, 2.45) is 0 Å². The monoisotopic (exact) mass is 298 g/mol. The number of nitro groups is 1. The quantitative estimate of drug-likeness (QED) is 0.383. The van der Waals surface area contributed by atoms with E-state index in [0.29, 0.717) is 12.0 Å². The fourth-order valence-electron chi connectivity index (χ4n) is 1.91. The van der Waals surface area contributed by atoms with Crippen LogP contribution in [0.3, 0.4) is 0 Å². The number of nitrogens with zero attached hydrogens (tertiary/aromatic N) is 1. The van der Waals surface area contributed by atoms with Gasteiger partial charge in [-0.25, -0.2) is 0 Å². The molecule has 2 aromatic rings. The van der Waals surface area contributed by atoms with E-state index in [1.807, 2.05) is 0 Å². The zero-order valence-electron chi connectivity index (χ0n) is 11.7. The van der Waals surface area contributed by atoms with Gasteiger partial charge in [-0.15, -0.1) is 0 Å². The number of benzene rings is 2. The fraction of sp³-hybridized carbons (Fsp3) is 0.125. The van der Waals surface area contributed by atoms with Crippen molar-refractivity contribution in [3.8, 4) is 0 Å². The molecule has 0 aromatic heterocycles. The zero-order chi connectivity index (χ0) is 15.9. The number of carbonyl (C=O) groups is 2. The molecule has 1 amide bonds. The molecule has 0 unspecified atom stereocenters. The second-order valence-corrected chi connectivity index (χ2v) is 4.62. The maximum atomic E-state index is 11.8. The average molecular weight is 298 g/mol. The van der Waals surface area contributed by atoms with Gasteiger partial charge in [0.15, 0.2) is 0 Å². The summed E-state index contributed by atoms with van der Waals surface area (Å²) in [7, 11) is 0. The highest BCUT2D eigenvalue weighted by Gasteiger charge is 2.14. The van der Waals surface area contributed by atoms with Gasteiger partial charge in [0.1, 0.15) is 0 Å². The van der Waals surface area contributed by atoms with Gasteiger partial charge in [-0.05, 0) is 12.0 Å². The molecule has 0 radical (unpaired) electrons. The summed E-state index contributed by atoms with van der Waals surface area (Å²) in [4.78, 5) is 33.6. The maximum Gasteiger partial charge on any atom is 0.292 e. The second-order valence-electron chi connectivity index (χ2n) is 4.62. The van der Waals surface area contributed by atoms with Crippen LogP contribution < -0.4 is 5.32 Å². The minimum atomic E-state index is -0.659. The normalized spacial score (nSPS) is 10.0. The van der Waals surface area contributed by atoms with Crippen molar-refractivity contribution in [3.05, 3.63) is 75.8 Å². The summed E-state index contributed by atoms with van der Waals surface area (Å²) in [5.41, 5.74) is 1.21. The number of amides is 1. The lowest BCUT2D eigenvalue weighted by atomic mass is 10.1. The topological polar surface area (TPSA) is 89.3 Å². The SMILES string of the molecule is O=C(NCCc1ccc([N+](=O)[O-])cc1)C(=O)c1ccccc1. The Hall–Kier alpha value is -3.02. The Morgan fingerprint density at radius 3 is 2.23 bits per heavy atom. The first-order valence-corrected chi connectivity index (χ1v) is 6.69. The fourth-order valence-corrected chi connectivity index (χ4v) is 1.91. The van der Waals surface area contributed by atoms with Gasteiger partial charge >= 0.3 is 0 Å². The summed E-state index contributed by atoms with van der Waals surface area (Å²) < 4.78 is 0. The van der Waals surface area contributed by atoms with Crippen LogP contribution in [-0.4, -0.2) is 23.2 Å². The van der Waals surface area contributed by atoms with Gasteiger partial charge in [0.2, 0.25) is 5.78 Å². The number of nitro benzene ring substituents is 1. The van der Waals surface area contributed by atoms with E-state index >= 15 is 0 Å². The van der Waals surface area contributed by atoms with Gasteiger partial charge in [0, 0.05) is 24.2 Å². The molecule has 112 valence electrons. The van der Waals surface area contributed by atoms with Gasteiger partial charge in [-0.2, -0.15) is 0 Å². The lowest BCUT2D eigenvalue weighted by Gasteiger charge is -2.04. The van der Waals surface area contributed by atoms with Crippen LogP contribution in [0.15, 0.2) is 54.6 Å². The van der Waals surface area contributed by atoms with E-state index < -0.39 is 16.6 Å². The third kappa shape index (κ3) is 3.99. The molecular weight excluding hydrogens is 284 g/mol. The second kappa shape index (κ2) is 7.12. The van der Waals surface area contributed by atoms with Crippen LogP contribution >= 0.6 is 0 Å². The molecule has 2 aromatic carbocycles. The summed E-state index contributed by atoms with van der Waals surface area (Å²) in [5, 5.41) is 13.1. The molecule has 22 heavy (non-hydrogen) atoms. The summed E-state index contributed by atoms with van der Waals surface area (Å²) in [5.74, 6) is -1.24. The highest BCUT2D eigenvalue weighted by molar-refractivity contribution is 6.42. The van der Waals surface area contributed by atoms with E-state index in [1.54, 1.807) is 42.5 Å². The number of non-ortho nitro benzene ring substituents is 1. The molecule has 0 aliphatic heterocycles. The summed E-state index contributed by atoms with van der Waals surface area (Å²) in [6.07, 6.45) is 0.492. The largest absolute Gasteiger partial charge is 0.349 e. The van der Waals surface area contributed by atoms with Gasteiger partial charge in [0.25, 0.3) is 11.6 Å². The highest BCUT2D eigenvalue weighted by atomic mass is 16.6. The first kappa shape index (κ1) is 15.4. The van der Waals surface area contributed by atoms with Crippen LogP contribution in [-0.2, 0) is 11.2 Å². The number of hydrogen-bond acceptors (Lipinski definition) is 4. The third-order valence-electron chi connectivity index (χ3n) is 3.09. The van der Waals surface area contributed by atoms with E-state index in [9.17, 15) is 19.7 Å². The first-order chi connectivity index (χ1) is 10.6. The summed E-state index contributed by atoms with van der Waals surface area (Å²) >= 11 is 0. The van der Waals surface area contributed by atoms with Crippen LogP contribution in [0, 0.1) is 10.1 Å². The Kier molecular flexibility index (Phi) is 4.98. The Labute approximate surface area is 126 Å². The predicted octanol–water partition coefficient (Wildman–Crippen LogP) is 2.14. The molecule has 0 heterocycles. The smallest absolute Gasteiger partial charge is 0.292 e. The number of nitrogens with one attached hydrogen (secondary N) is 1. The van der Waals surface area contributed by atoms with Crippen LogP contribution in [0.4, 0.5) is 5.69 Å². The van der Waals surface area contributed by atoms with Crippen molar-refractivity contribution >= 4 is 17.4 Å². The number of Topliss-reactive ketones (excluding diaryl/α,β-unsaturated/α-hetero) is 1. The minimum Gasteiger partial charge on any atom is -0.349 e. The Balaban J connectivity index is 1.84. The molecule has 0 aliphatic carbocycles. The first-order valence-electron chi connectivity index (χ1n) is 6.69. The molecule has 0 fully saturated rings. The van der Waals surface area contributed by atoms with Gasteiger partial charge < -0.3 is 5.32 Å². The zero-order valence-corrected chi connectivity index (χ0v) is 11.7. The molecule has 6 nitrogen and oxygen atoms in total. The Morgan fingerprint density at radius 2 is 1.64 bits per heavy atom. The van der Waals surface area contributed by atoms with E-state index in [0.717, 1.165) is 5.56 Å². The van der Waals surface area contributed by atoms with E-state index in [2.05, 4.69) is 5.32 Å². The van der Waals surface area contributed by atoms with Gasteiger partial charge in [-0.1, -0.05) is 42.5 Å². The van der Waals surface area contributed by atoms with Crippen LogP contribution in [0.2, 0.25) is 0 Å². The lowest BCUT2D eigenvalue weighted by Crippen LogP contribution is -2.32. The van der Waals surface area contributed by atoms with E-state index in [1.165, 1.54) is 12.1 Å². The predicted molar refractivity (Wildman–Crippen MR) is 80.6 cm³/mol. The van der Waals surface area contributed by atoms with E-state index in [4.69, 9.17) is 0 Å². The number of rotatable bonds is 6. The van der Waals surface area contributed by atoms with Crippen LogP contribution in [0.25, 0.3) is 0 Å². The summed E-state index contributed by atoms with van der Waals surface area (Å²) in [6, 6.07) is 14.4. The molecule has 0 atom stereocenters. The molecule has 0 spiro atoms. The molecule has 0 saturated carbocycles. The van der Waals surface area contributed by atoms with Gasteiger partial charge in [0.05, 0.1) is 4.92 Å². The van der Waals surface area contributed by atoms with Gasteiger partial charge in [-0.3, -0.25) is 19.7 Å². The van der Waals surface area contributed by atoms with Crippen LogP contribution in [0.5, 0.6) is 0 Å². The number of ketones is 1. The molecule has 1 N–H and O–H groups in total. The molecule has 0 aliphatic rings. The van der Waals surface area contributed by atoms with Crippen molar-refractivity contribution in [1.82, 2.24) is 5.32 Å². The van der Waals surface area contributed by atoms with Crippen molar-refractivity contribution in [3.63, 3.8) is 0 Å². The third-order valence-corrected chi connectivity index (χ3v) is 3.09. The lowest BCUT2D eigenvalue weighted by molar-refractivity contribution is -0.384. The Morgan fingerprint density at radius 1 is 1.00 bits per heavy atom. The van der Waals surface area contributed by atoms with Crippen LogP contribution in [0.1, 0.15) is 15.9 Å². The molecule has 0 saturated heterocycles. The number of carbonyl (C=O) groups excluding carboxylic acids is 2. The van der Waals surface area contributed by atoms with E-state index in [-0.39, 0.29) is 12.2 Å². The number of hydrogen-bond donors (Lipinski definition) is 1. The summed E-state index contributed by atoms with van der Waals surface area (Å²) in [6.45, 7) is 0.287. The minimum absolute atomic E-state index is 0.0204. The van der Waals surface area contributed by atoms with Crippen molar-refractivity contribution < 1.29 is 14.5 Å². The molecule has 6 heteroatoms. The Bertz CT molecular complexity index is 681. The standard InChI is InChI=1S/C16H14N2O4/c19-15(13-4-2-1-3-5-13)16(20)17-11-10-12-6-8-14(9-7-12)18(21)22/h1-9H,10-11H2,(H,17,20). The van der Waals surface area contributed by atoms with Crippen molar-refractivity contribution in [2.75, 3.05) is 6.54 Å². The average Bonchev–Trinajstić information content (AvgIpc) is 2.55. The molecular formula is C16H14N2O4. The molecule has 2 rings (SSSR count). The van der Waals surface area contributed by atoms with Crippen molar-refractivity contribution in [1.29, 1.82) is 0 Å². The maximum absolute atomic E-state index is 11.8. The van der Waals surface area contributed by atoms with Crippen molar-refractivity contribution in [2.45, 2.75) is 6.42 Å².